The fourth-order valence-electron chi connectivity index (χ4n) is 3.05. The third-order valence-electron chi connectivity index (χ3n) is 4.38. The van der Waals surface area contributed by atoms with Crippen molar-refractivity contribution in [2.24, 2.45) is 0 Å². The predicted octanol–water partition coefficient (Wildman–Crippen LogP) is 3.30. The average Bonchev–Trinajstić information content (AvgIpc) is 3.04. The monoisotopic (exact) mass is 352 g/mol. The SMILES string of the molecule is O=C1NC(c2ccccc2)CN1S(=O)(=O)c1ccc2ccccc2c1. The number of carbonyl (C=O) groups is 1. The summed E-state index contributed by atoms with van der Waals surface area (Å²) in [5, 5.41) is 4.52. The smallest absolute Gasteiger partial charge is 0.328 e. The van der Waals surface area contributed by atoms with Crippen LogP contribution in [0.2, 0.25) is 0 Å². The Labute approximate surface area is 145 Å². The molecule has 0 bridgehead atoms. The summed E-state index contributed by atoms with van der Waals surface area (Å²) in [7, 11) is -3.90. The third-order valence-corrected chi connectivity index (χ3v) is 6.13. The van der Waals surface area contributed by atoms with E-state index in [2.05, 4.69) is 5.32 Å². The van der Waals surface area contributed by atoms with Crippen LogP contribution in [0, 0.1) is 0 Å². The topological polar surface area (TPSA) is 66.5 Å². The first-order valence-corrected chi connectivity index (χ1v) is 9.37. The second-order valence-electron chi connectivity index (χ2n) is 5.96. The molecule has 0 saturated carbocycles. The van der Waals surface area contributed by atoms with Crippen LogP contribution in [0.4, 0.5) is 4.79 Å². The van der Waals surface area contributed by atoms with Gasteiger partial charge in [0.05, 0.1) is 17.5 Å². The van der Waals surface area contributed by atoms with E-state index in [1.807, 2.05) is 54.6 Å². The second kappa shape index (κ2) is 5.89. The molecular weight excluding hydrogens is 336 g/mol. The van der Waals surface area contributed by atoms with Crippen LogP contribution in [0.25, 0.3) is 10.8 Å². The van der Waals surface area contributed by atoms with Crippen molar-refractivity contribution >= 4 is 26.8 Å². The van der Waals surface area contributed by atoms with Gasteiger partial charge in [-0.15, -0.1) is 0 Å². The number of nitrogens with one attached hydrogen (secondary N) is 1. The number of carbonyl (C=O) groups excluding carboxylic acids is 1. The molecule has 6 heteroatoms. The molecular formula is C19H16N2O3S. The highest BCUT2D eigenvalue weighted by atomic mass is 32.2. The fourth-order valence-corrected chi connectivity index (χ4v) is 4.44. The number of urea groups is 1. The highest BCUT2D eigenvalue weighted by Gasteiger charge is 2.38. The number of hydrogen-bond donors (Lipinski definition) is 1. The van der Waals surface area contributed by atoms with Crippen molar-refractivity contribution in [2.75, 3.05) is 6.54 Å². The molecule has 0 aromatic heterocycles. The molecule has 0 radical (unpaired) electrons. The summed E-state index contributed by atoms with van der Waals surface area (Å²) < 4.78 is 26.8. The van der Waals surface area contributed by atoms with E-state index in [1.54, 1.807) is 18.2 Å². The molecule has 1 aliphatic rings. The summed E-state index contributed by atoms with van der Waals surface area (Å²) >= 11 is 0. The summed E-state index contributed by atoms with van der Waals surface area (Å²) in [6.45, 7) is 0.0814. The van der Waals surface area contributed by atoms with Crippen molar-refractivity contribution in [2.45, 2.75) is 10.9 Å². The maximum atomic E-state index is 12.9. The quantitative estimate of drug-likeness (QED) is 0.786. The Morgan fingerprint density at radius 3 is 2.32 bits per heavy atom. The zero-order valence-corrected chi connectivity index (χ0v) is 14.1. The first kappa shape index (κ1) is 15.7. The van der Waals surface area contributed by atoms with Gasteiger partial charge >= 0.3 is 6.03 Å². The summed E-state index contributed by atoms with van der Waals surface area (Å²) in [5.41, 5.74) is 0.882. The molecule has 1 unspecified atom stereocenters. The summed E-state index contributed by atoms with van der Waals surface area (Å²) in [5.74, 6) is 0. The zero-order chi connectivity index (χ0) is 17.4. The number of hydrogen-bond acceptors (Lipinski definition) is 3. The van der Waals surface area contributed by atoms with E-state index in [-0.39, 0.29) is 17.5 Å². The largest absolute Gasteiger partial charge is 0.331 e. The molecule has 2 amide bonds. The van der Waals surface area contributed by atoms with Crippen molar-refractivity contribution in [3.05, 3.63) is 78.4 Å². The third kappa shape index (κ3) is 2.74. The standard InChI is InChI=1S/C19H16N2O3S/c22-19-20-18(15-7-2-1-3-8-15)13-21(19)25(23,24)17-11-10-14-6-4-5-9-16(14)12-17/h1-12,18H,13H2,(H,20,22). The average molecular weight is 352 g/mol. The van der Waals surface area contributed by atoms with E-state index in [1.165, 1.54) is 0 Å². The zero-order valence-electron chi connectivity index (χ0n) is 13.3. The predicted molar refractivity (Wildman–Crippen MR) is 95.6 cm³/mol. The van der Waals surface area contributed by atoms with Crippen molar-refractivity contribution in [3.8, 4) is 0 Å². The second-order valence-corrected chi connectivity index (χ2v) is 7.82. The molecule has 4 rings (SSSR count). The number of benzene rings is 3. The van der Waals surface area contributed by atoms with E-state index < -0.39 is 16.1 Å². The number of sulfonamides is 1. The van der Waals surface area contributed by atoms with Crippen LogP contribution in [0.5, 0.6) is 0 Å². The molecule has 1 saturated heterocycles. The lowest BCUT2D eigenvalue weighted by molar-refractivity contribution is 0.235. The molecule has 0 aliphatic carbocycles. The van der Waals surface area contributed by atoms with E-state index >= 15 is 0 Å². The van der Waals surface area contributed by atoms with Gasteiger partial charge in [-0.2, -0.15) is 0 Å². The molecule has 1 atom stereocenters. The van der Waals surface area contributed by atoms with Gasteiger partial charge in [0.2, 0.25) is 0 Å². The van der Waals surface area contributed by atoms with Gasteiger partial charge in [-0.05, 0) is 28.5 Å². The highest BCUT2D eigenvalue weighted by Crippen LogP contribution is 2.27. The van der Waals surface area contributed by atoms with Crippen LogP contribution in [0.1, 0.15) is 11.6 Å². The Morgan fingerprint density at radius 1 is 0.880 bits per heavy atom. The molecule has 0 spiro atoms. The lowest BCUT2D eigenvalue weighted by Gasteiger charge is -2.16. The van der Waals surface area contributed by atoms with E-state index in [0.717, 1.165) is 20.6 Å². The molecule has 3 aromatic carbocycles. The molecule has 1 aliphatic heterocycles. The van der Waals surface area contributed by atoms with Gasteiger partial charge in [-0.3, -0.25) is 0 Å². The van der Waals surface area contributed by atoms with E-state index in [4.69, 9.17) is 0 Å². The Hall–Kier alpha value is -2.86. The summed E-state index contributed by atoms with van der Waals surface area (Å²) in [4.78, 5) is 12.4. The minimum absolute atomic E-state index is 0.0814. The Balaban J connectivity index is 1.68. The normalized spacial score (nSPS) is 17.7. The maximum absolute atomic E-state index is 12.9. The Kier molecular flexibility index (Phi) is 3.69. The van der Waals surface area contributed by atoms with Gasteiger partial charge in [0.15, 0.2) is 0 Å². The maximum Gasteiger partial charge on any atom is 0.331 e. The van der Waals surface area contributed by atoms with Crippen molar-refractivity contribution in [1.29, 1.82) is 0 Å². The first-order valence-electron chi connectivity index (χ1n) is 7.93. The van der Waals surface area contributed by atoms with Gasteiger partial charge in [-0.25, -0.2) is 17.5 Å². The molecule has 1 N–H and O–H groups in total. The number of nitrogens with zero attached hydrogens (tertiary/aromatic N) is 1. The van der Waals surface area contributed by atoms with Crippen molar-refractivity contribution in [3.63, 3.8) is 0 Å². The fraction of sp³-hybridized carbons (Fsp3) is 0.105. The molecule has 1 heterocycles. The summed E-state index contributed by atoms with van der Waals surface area (Å²) in [6.07, 6.45) is 0. The van der Waals surface area contributed by atoms with E-state index in [0.29, 0.717) is 0 Å². The number of amides is 2. The highest BCUT2D eigenvalue weighted by molar-refractivity contribution is 7.89. The molecule has 25 heavy (non-hydrogen) atoms. The van der Waals surface area contributed by atoms with Crippen LogP contribution in [-0.4, -0.2) is 25.3 Å². The number of rotatable bonds is 3. The molecule has 1 fully saturated rings. The van der Waals surface area contributed by atoms with Gasteiger partial charge in [0.25, 0.3) is 10.0 Å². The van der Waals surface area contributed by atoms with Crippen LogP contribution in [0.15, 0.2) is 77.7 Å². The lowest BCUT2D eigenvalue weighted by Crippen LogP contribution is -2.34. The molecule has 126 valence electrons. The van der Waals surface area contributed by atoms with Crippen LogP contribution in [0.3, 0.4) is 0 Å². The van der Waals surface area contributed by atoms with Gasteiger partial charge in [0.1, 0.15) is 0 Å². The van der Waals surface area contributed by atoms with Crippen LogP contribution >= 0.6 is 0 Å². The number of fused-ring (bicyclic) bond motifs is 1. The van der Waals surface area contributed by atoms with Gasteiger partial charge < -0.3 is 5.32 Å². The first-order chi connectivity index (χ1) is 12.1. The minimum atomic E-state index is -3.90. The molecule has 5 nitrogen and oxygen atoms in total. The Morgan fingerprint density at radius 2 is 1.56 bits per heavy atom. The van der Waals surface area contributed by atoms with Gasteiger partial charge in [-0.1, -0.05) is 60.7 Å². The molecule has 3 aromatic rings. The Bertz CT molecular complexity index is 1050. The van der Waals surface area contributed by atoms with Crippen LogP contribution < -0.4 is 5.32 Å². The van der Waals surface area contributed by atoms with Crippen LogP contribution in [-0.2, 0) is 10.0 Å². The lowest BCUT2D eigenvalue weighted by atomic mass is 10.1. The van der Waals surface area contributed by atoms with Gasteiger partial charge in [0, 0.05) is 0 Å². The minimum Gasteiger partial charge on any atom is -0.328 e. The van der Waals surface area contributed by atoms with Crippen molar-refractivity contribution < 1.29 is 13.2 Å². The van der Waals surface area contributed by atoms with Crippen molar-refractivity contribution in [1.82, 2.24) is 9.62 Å². The summed E-state index contributed by atoms with van der Waals surface area (Å²) in [6, 6.07) is 20.8. The van der Waals surface area contributed by atoms with E-state index in [9.17, 15) is 13.2 Å².